The maximum Gasteiger partial charge on any atom is 0.323 e. The molecule has 0 aliphatic carbocycles. The Kier molecular flexibility index (Phi) is 6.69. The van der Waals surface area contributed by atoms with Crippen LogP contribution in [0.25, 0.3) is 0 Å². The molecule has 0 aromatic heterocycles. The molecule has 1 atom stereocenters. The van der Waals surface area contributed by atoms with Crippen LogP contribution in [0.2, 0.25) is 0 Å². The lowest BCUT2D eigenvalue weighted by molar-refractivity contribution is -0.150. The summed E-state index contributed by atoms with van der Waals surface area (Å²) in [5.41, 5.74) is 0.0253. The minimum absolute atomic E-state index is 0.0253. The van der Waals surface area contributed by atoms with Crippen molar-refractivity contribution in [3.05, 3.63) is 0 Å². The predicted octanol–water partition coefficient (Wildman–Crippen LogP) is 3.28. The molecular weight excluding hydrogens is 226 g/mol. The molecule has 0 aromatic rings. The number of piperidine rings is 1. The van der Waals surface area contributed by atoms with E-state index in [1.807, 2.05) is 0 Å². The maximum atomic E-state index is 12.0. The smallest absolute Gasteiger partial charge is 0.323 e. The van der Waals surface area contributed by atoms with Gasteiger partial charge in [0.15, 0.2) is 0 Å². The summed E-state index contributed by atoms with van der Waals surface area (Å²) < 4.78 is 5.40. The number of unbranched alkanes of at least 4 members (excludes halogenated alkanes) is 4. The van der Waals surface area contributed by atoms with Gasteiger partial charge in [-0.05, 0) is 31.2 Å². The van der Waals surface area contributed by atoms with Crippen LogP contribution in [-0.4, -0.2) is 25.2 Å². The molecule has 1 unspecified atom stereocenters. The Hall–Kier alpha value is -0.570. The molecule has 0 amide bonds. The lowest BCUT2D eigenvalue weighted by atomic mass is 9.77. The minimum Gasteiger partial charge on any atom is -0.465 e. The molecule has 18 heavy (non-hydrogen) atoms. The van der Waals surface area contributed by atoms with Gasteiger partial charge >= 0.3 is 5.97 Å². The molecule has 1 aliphatic heterocycles. The van der Waals surface area contributed by atoms with E-state index in [0.717, 1.165) is 25.8 Å². The molecule has 3 nitrogen and oxygen atoms in total. The molecule has 0 bridgehead atoms. The number of carbonyl (C=O) groups excluding carboxylic acids is 1. The van der Waals surface area contributed by atoms with Crippen molar-refractivity contribution in [3.63, 3.8) is 0 Å². The molecule has 0 spiro atoms. The largest absolute Gasteiger partial charge is 0.465 e. The molecule has 1 saturated heterocycles. The molecule has 0 saturated carbocycles. The van der Waals surface area contributed by atoms with E-state index in [-0.39, 0.29) is 17.4 Å². The van der Waals surface area contributed by atoms with Crippen LogP contribution in [0, 0.1) is 5.41 Å². The highest BCUT2D eigenvalue weighted by Gasteiger charge is 2.38. The predicted molar refractivity (Wildman–Crippen MR) is 74.5 cm³/mol. The molecule has 1 rings (SSSR count). The lowest BCUT2D eigenvalue weighted by Gasteiger charge is -2.37. The SMILES string of the molecule is CCCCCCCOC(=O)C1NCCCC1(C)C. The van der Waals surface area contributed by atoms with Crippen molar-refractivity contribution in [1.82, 2.24) is 5.32 Å². The molecule has 1 aliphatic rings. The second-order valence-electron chi connectivity index (χ2n) is 6.06. The van der Waals surface area contributed by atoms with Gasteiger partial charge in [-0.1, -0.05) is 46.5 Å². The summed E-state index contributed by atoms with van der Waals surface area (Å²) >= 11 is 0. The zero-order chi connectivity index (χ0) is 13.4. The quantitative estimate of drug-likeness (QED) is 0.560. The lowest BCUT2D eigenvalue weighted by Crippen LogP contribution is -2.52. The average molecular weight is 255 g/mol. The van der Waals surface area contributed by atoms with Gasteiger partial charge in [0, 0.05) is 0 Å². The minimum atomic E-state index is -0.123. The van der Waals surface area contributed by atoms with E-state index in [4.69, 9.17) is 4.74 Å². The topological polar surface area (TPSA) is 38.3 Å². The number of ether oxygens (including phenoxy) is 1. The summed E-state index contributed by atoms with van der Waals surface area (Å²) in [5.74, 6) is -0.0600. The van der Waals surface area contributed by atoms with Crippen LogP contribution in [-0.2, 0) is 9.53 Å². The monoisotopic (exact) mass is 255 g/mol. The van der Waals surface area contributed by atoms with Gasteiger partial charge in [-0.2, -0.15) is 0 Å². The highest BCUT2D eigenvalue weighted by molar-refractivity contribution is 5.77. The van der Waals surface area contributed by atoms with Gasteiger partial charge in [-0.15, -0.1) is 0 Å². The van der Waals surface area contributed by atoms with E-state index in [0.29, 0.717) is 6.61 Å². The van der Waals surface area contributed by atoms with E-state index in [9.17, 15) is 4.79 Å². The third kappa shape index (κ3) is 4.97. The summed E-state index contributed by atoms with van der Waals surface area (Å²) in [6.45, 7) is 8.01. The molecule has 3 heteroatoms. The summed E-state index contributed by atoms with van der Waals surface area (Å²) in [6, 6.07) is -0.123. The van der Waals surface area contributed by atoms with Crippen LogP contribution in [0.3, 0.4) is 0 Å². The van der Waals surface area contributed by atoms with Crippen LogP contribution in [0.4, 0.5) is 0 Å². The first-order chi connectivity index (χ1) is 8.58. The van der Waals surface area contributed by atoms with Crippen molar-refractivity contribution < 1.29 is 9.53 Å². The number of esters is 1. The fraction of sp³-hybridized carbons (Fsp3) is 0.933. The van der Waals surface area contributed by atoms with Crippen molar-refractivity contribution in [2.75, 3.05) is 13.2 Å². The van der Waals surface area contributed by atoms with Gasteiger partial charge in [0.2, 0.25) is 0 Å². The standard InChI is InChI=1S/C15H29NO2/c1-4-5-6-7-8-12-18-14(17)13-15(2,3)10-9-11-16-13/h13,16H,4-12H2,1-3H3. The van der Waals surface area contributed by atoms with Crippen LogP contribution in [0.5, 0.6) is 0 Å². The molecule has 1 N–H and O–H groups in total. The van der Waals surface area contributed by atoms with Crippen LogP contribution in [0.1, 0.15) is 65.7 Å². The molecule has 0 radical (unpaired) electrons. The second-order valence-corrected chi connectivity index (χ2v) is 6.06. The zero-order valence-corrected chi connectivity index (χ0v) is 12.3. The first-order valence-electron chi connectivity index (χ1n) is 7.48. The molecule has 1 fully saturated rings. The molecule has 1 heterocycles. The van der Waals surface area contributed by atoms with E-state index < -0.39 is 0 Å². The van der Waals surface area contributed by atoms with Crippen molar-refractivity contribution in [2.45, 2.75) is 71.8 Å². The molecule has 106 valence electrons. The fourth-order valence-electron chi connectivity index (χ4n) is 2.58. The van der Waals surface area contributed by atoms with E-state index in [2.05, 4.69) is 26.1 Å². The second kappa shape index (κ2) is 7.78. The van der Waals surface area contributed by atoms with Crippen molar-refractivity contribution in [1.29, 1.82) is 0 Å². The summed E-state index contributed by atoms with van der Waals surface area (Å²) in [7, 11) is 0. The molecular formula is C15H29NO2. The maximum absolute atomic E-state index is 12.0. The van der Waals surface area contributed by atoms with E-state index in [1.54, 1.807) is 0 Å². The number of carbonyl (C=O) groups is 1. The number of nitrogens with one attached hydrogen (secondary N) is 1. The molecule has 0 aromatic carbocycles. The Morgan fingerprint density at radius 3 is 2.67 bits per heavy atom. The first kappa shape index (κ1) is 15.5. The Morgan fingerprint density at radius 1 is 1.28 bits per heavy atom. The third-order valence-corrected chi connectivity index (χ3v) is 3.86. The Balaban J connectivity index is 2.19. The summed E-state index contributed by atoms with van der Waals surface area (Å²) in [4.78, 5) is 12.0. The van der Waals surface area contributed by atoms with Crippen molar-refractivity contribution in [2.24, 2.45) is 5.41 Å². The van der Waals surface area contributed by atoms with Gasteiger partial charge in [-0.3, -0.25) is 4.79 Å². The summed E-state index contributed by atoms with van der Waals surface area (Å²) in [5, 5.41) is 3.30. The highest BCUT2D eigenvalue weighted by Crippen LogP contribution is 2.30. The van der Waals surface area contributed by atoms with Gasteiger partial charge in [0.25, 0.3) is 0 Å². The fourth-order valence-corrected chi connectivity index (χ4v) is 2.58. The number of rotatable bonds is 7. The van der Waals surface area contributed by atoms with Gasteiger partial charge < -0.3 is 10.1 Å². The van der Waals surface area contributed by atoms with Crippen molar-refractivity contribution >= 4 is 5.97 Å². The van der Waals surface area contributed by atoms with Gasteiger partial charge in [0.05, 0.1) is 6.61 Å². The Morgan fingerprint density at radius 2 is 2.00 bits per heavy atom. The number of hydrogen-bond acceptors (Lipinski definition) is 3. The number of hydrogen-bond donors (Lipinski definition) is 1. The first-order valence-corrected chi connectivity index (χ1v) is 7.48. The Bertz CT molecular complexity index is 251. The van der Waals surface area contributed by atoms with Crippen molar-refractivity contribution in [3.8, 4) is 0 Å². The van der Waals surface area contributed by atoms with Gasteiger partial charge in [-0.25, -0.2) is 0 Å². The van der Waals surface area contributed by atoms with Crippen LogP contribution >= 0.6 is 0 Å². The van der Waals surface area contributed by atoms with E-state index >= 15 is 0 Å². The normalized spacial score (nSPS) is 22.7. The Labute approximate surface area is 112 Å². The summed E-state index contributed by atoms with van der Waals surface area (Å²) in [6.07, 6.45) is 8.19. The van der Waals surface area contributed by atoms with Crippen LogP contribution in [0.15, 0.2) is 0 Å². The van der Waals surface area contributed by atoms with Gasteiger partial charge in [0.1, 0.15) is 6.04 Å². The highest BCUT2D eigenvalue weighted by atomic mass is 16.5. The van der Waals surface area contributed by atoms with E-state index in [1.165, 1.54) is 25.7 Å². The van der Waals surface area contributed by atoms with Crippen LogP contribution < -0.4 is 5.32 Å². The average Bonchev–Trinajstić information content (AvgIpc) is 2.32. The zero-order valence-electron chi connectivity index (χ0n) is 12.3. The third-order valence-electron chi connectivity index (χ3n) is 3.86.